The lowest BCUT2D eigenvalue weighted by Gasteiger charge is -2.12. The quantitative estimate of drug-likeness (QED) is 0.535. The Kier molecular flexibility index (Phi) is 7.05. The number of carbonyl (C=O) groups is 1. The van der Waals surface area contributed by atoms with Crippen LogP contribution in [0.2, 0.25) is 0 Å². The van der Waals surface area contributed by atoms with Crippen LogP contribution in [0.15, 0.2) is 66.9 Å². The Morgan fingerprint density at radius 3 is 2.45 bits per heavy atom. The molecule has 0 saturated heterocycles. The number of rotatable bonds is 9. The lowest BCUT2D eigenvalue weighted by atomic mass is 10.1. The van der Waals surface area contributed by atoms with Crippen molar-refractivity contribution in [2.45, 2.75) is 12.8 Å². The predicted octanol–water partition coefficient (Wildman–Crippen LogP) is 4.21. The summed E-state index contributed by atoms with van der Waals surface area (Å²) >= 11 is 0. The van der Waals surface area contributed by atoms with Crippen LogP contribution in [0.5, 0.6) is 11.5 Å². The third-order valence-electron chi connectivity index (χ3n) is 4.44. The fraction of sp³-hybridized carbons (Fsp3) is 0.217. The van der Waals surface area contributed by atoms with Crippen LogP contribution >= 0.6 is 0 Å². The number of methoxy groups -OCH3 is 2. The molecule has 0 aliphatic carbocycles. The number of carbonyl (C=O) groups excluding carboxylic acids is 1. The van der Waals surface area contributed by atoms with E-state index in [4.69, 9.17) is 9.47 Å². The minimum absolute atomic E-state index is 0.186. The molecule has 0 fully saturated rings. The fourth-order valence-corrected chi connectivity index (χ4v) is 2.94. The summed E-state index contributed by atoms with van der Waals surface area (Å²) in [6.07, 6.45) is 3.41. The zero-order valence-corrected chi connectivity index (χ0v) is 16.6. The summed E-state index contributed by atoms with van der Waals surface area (Å²) in [5, 5.41) is 6.19. The maximum absolute atomic E-state index is 12.4. The molecule has 1 amide bonds. The highest BCUT2D eigenvalue weighted by atomic mass is 16.5. The van der Waals surface area contributed by atoms with E-state index in [-0.39, 0.29) is 5.91 Å². The summed E-state index contributed by atoms with van der Waals surface area (Å²) < 4.78 is 10.6. The standard InChI is InChI=1S/C23H25N3O3/c1-28-21-11-10-18(16-22(21)29-2)26-19-12-14-24-20(15-19)23(27)25-13-6-9-17-7-4-3-5-8-17/h3-5,7-8,10-12,14-16H,6,9,13H2,1-2H3,(H,24,26)(H,25,27). The second-order valence-electron chi connectivity index (χ2n) is 6.47. The lowest BCUT2D eigenvalue weighted by molar-refractivity contribution is 0.0948. The van der Waals surface area contributed by atoms with E-state index >= 15 is 0 Å². The summed E-state index contributed by atoms with van der Waals surface area (Å²) in [6, 6.07) is 19.3. The van der Waals surface area contributed by atoms with Gasteiger partial charge in [-0.2, -0.15) is 0 Å². The molecule has 2 aromatic carbocycles. The van der Waals surface area contributed by atoms with Crippen LogP contribution in [0.25, 0.3) is 0 Å². The lowest BCUT2D eigenvalue weighted by Crippen LogP contribution is -2.25. The number of hydrogen-bond acceptors (Lipinski definition) is 5. The highest BCUT2D eigenvalue weighted by Gasteiger charge is 2.09. The largest absolute Gasteiger partial charge is 0.493 e. The Hall–Kier alpha value is -3.54. The molecule has 2 N–H and O–H groups in total. The fourth-order valence-electron chi connectivity index (χ4n) is 2.94. The Morgan fingerprint density at radius 1 is 0.931 bits per heavy atom. The molecule has 0 saturated carbocycles. The van der Waals surface area contributed by atoms with Crippen LogP contribution < -0.4 is 20.1 Å². The Morgan fingerprint density at radius 2 is 1.69 bits per heavy atom. The molecule has 3 rings (SSSR count). The van der Waals surface area contributed by atoms with Crippen molar-refractivity contribution in [2.24, 2.45) is 0 Å². The molecule has 0 spiro atoms. The van der Waals surface area contributed by atoms with E-state index in [0.717, 1.165) is 24.2 Å². The van der Waals surface area contributed by atoms with E-state index in [1.54, 1.807) is 26.5 Å². The van der Waals surface area contributed by atoms with Crippen LogP contribution in [0.3, 0.4) is 0 Å². The van der Waals surface area contributed by atoms with Crippen LogP contribution in [0.4, 0.5) is 11.4 Å². The van der Waals surface area contributed by atoms with Crippen molar-refractivity contribution in [3.63, 3.8) is 0 Å². The van der Waals surface area contributed by atoms with Gasteiger partial charge in [-0.3, -0.25) is 9.78 Å². The zero-order chi connectivity index (χ0) is 20.5. The summed E-state index contributed by atoms with van der Waals surface area (Å²) in [4.78, 5) is 16.6. The molecule has 150 valence electrons. The van der Waals surface area contributed by atoms with Crippen molar-refractivity contribution in [1.82, 2.24) is 10.3 Å². The van der Waals surface area contributed by atoms with E-state index in [0.29, 0.717) is 23.7 Å². The van der Waals surface area contributed by atoms with Crippen LogP contribution in [-0.2, 0) is 6.42 Å². The average molecular weight is 391 g/mol. The molecule has 29 heavy (non-hydrogen) atoms. The third kappa shape index (κ3) is 5.72. The van der Waals surface area contributed by atoms with Crippen LogP contribution in [0, 0.1) is 0 Å². The Labute approximate surface area is 170 Å². The predicted molar refractivity (Wildman–Crippen MR) is 114 cm³/mol. The number of anilines is 2. The van der Waals surface area contributed by atoms with Gasteiger partial charge in [-0.1, -0.05) is 30.3 Å². The average Bonchev–Trinajstić information content (AvgIpc) is 2.77. The van der Waals surface area contributed by atoms with Crippen LogP contribution in [0.1, 0.15) is 22.5 Å². The van der Waals surface area contributed by atoms with Gasteiger partial charge in [-0.05, 0) is 42.7 Å². The first-order chi connectivity index (χ1) is 14.2. The molecular formula is C23H25N3O3. The van der Waals surface area contributed by atoms with Gasteiger partial charge in [-0.15, -0.1) is 0 Å². The number of ether oxygens (including phenoxy) is 2. The summed E-state index contributed by atoms with van der Waals surface area (Å²) in [6.45, 7) is 0.600. The van der Waals surface area contributed by atoms with E-state index in [2.05, 4.69) is 27.8 Å². The highest BCUT2D eigenvalue weighted by Crippen LogP contribution is 2.31. The molecule has 6 heteroatoms. The first kappa shape index (κ1) is 20.2. The van der Waals surface area contributed by atoms with Crippen molar-refractivity contribution in [3.05, 3.63) is 78.1 Å². The minimum Gasteiger partial charge on any atom is -0.493 e. The smallest absolute Gasteiger partial charge is 0.269 e. The first-order valence-corrected chi connectivity index (χ1v) is 9.47. The number of nitrogens with zero attached hydrogens (tertiary/aromatic N) is 1. The summed E-state index contributed by atoms with van der Waals surface area (Å²) in [7, 11) is 3.19. The van der Waals surface area contributed by atoms with E-state index in [1.807, 2.05) is 42.5 Å². The van der Waals surface area contributed by atoms with Gasteiger partial charge in [0.05, 0.1) is 14.2 Å². The molecule has 1 aromatic heterocycles. The Bertz CT molecular complexity index is 945. The molecular weight excluding hydrogens is 366 g/mol. The number of nitrogens with one attached hydrogen (secondary N) is 2. The van der Waals surface area contributed by atoms with Crippen molar-refractivity contribution in [3.8, 4) is 11.5 Å². The van der Waals surface area contributed by atoms with Crippen LogP contribution in [-0.4, -0.2) is 31.7 Å². The van der Waals surface area contributed by atoms with Gasteiger partial charge in [0.25, 0.3) is 5.91 Å². The molecule has 0 aliphatic heterocycles. The topological polar surface area (TPSA) is 72.5 Å². The molecule has 0 bridgehead atoms. The van der Waals surface area contributed by atoms with E-state index in [1.165, 1.54) is 5.56 Å². The maximum Gasteiger partial charge on any atom is 0.269 e. The normalized spacial score (nSPS) is 10.3. The van der Waals surface area contributed by atoms with Gasteiger partial charge >= 0.3 is 0 Å². The first-order valence-electron chi connectivity index (χ1n) is 9.47. The molecule has 0 aliphatic rings. The van der Waals surface area contributed by atoms with Gasteiger partial charge < -0.3 is 20.1 Å². The number of hydrogen-bond donors (Lipinski definition) is 2. The van der Waals surface area contributed by atoms with E-state index in [9.17, 15) is 4.79 Å². The number of aromatic nitrogens is 1. The van der Waals surface area contributed by atoms with Gasteiger partial charge in [0.2, 0.25) is 0 Å². The van der Waals surface area contributed by atoms with Gasteiger partial charge in [0, 0.05) is 30.2 Å². The zero-order valence-electron chi connectivity index (χ0n) is 16.6. The maximum atomic E-state index is 12.4. The van der Waals surface area contributed by atoms with Gasteiger partial charge in [0.1, 0.15) is 5.69 Å². The van der Waals surface area contributed by atoms with Crippen molar-refractivity contribution < 1.29 is 14.3 Å². The number of pyridine rings is 1. The summed E-state index contributed by atoms with van der Waals surface area (Å²) in [5.41, 5.74) is 3.22. The molecule has 3 aromatic rings. The molecule has 1 heterocycles. The number of benzene rings is 2. The second-order valence-corrected chi connectivity index (χ2v) is 6.47. The van der Waals surface area contributed by atoms with Gasteiger partial charge in [-0.25, -0.2) is 0 Å². The number of amides is 1. The minimum atomic E-state index is -0.186. The Balaban J connectivity index is 1.56. The van der Waals surface area contributed by atoms with Crippen molar-refractivity contribution in [2.75, 3.05) is 26.1 Å². The van der Waals surface area contributed by atoms with Gasteiger partial charge in [0.15, 0.2) is 11.5 Å². The highest BCUT2D eigenvalue weighted by molar-refractivity contribution is 5.93. The molecule has 6 nitrogen and oxygen atoms in total. The van der Waals surface area contributed by atoms with Crippen molar-refractivity contribution >= 4 is 17.3 Å². The molecule has 0 radical (unpaired) electrons. The SMILES string of the molecule is COc1ccc(Nc2ccnc(C(=O)NCCCc3ccccc3)c2)cc1OC. The monoisotopic (exact) mass is 391 g/mol. The number of aryl methyl sites for hydroxylation is 1. The second kappa shape index (κ2) is 10.1. The third-order valence-corrected chi connectivity index (χ3v) is 4.44. The molecule has 0 atom stereocenters. The summed E-state index contributed by atoms with van der Waals surface area (Å²) in [5.74, 6) is 1.10. The van der Waals surface area contributed by atoms with Crippen molar-refractivity contribution in [1.29, 1.82) is 0 Å². The van der Waals surface area contributed by atoms with E-state index < -0.39 is 0 Å². The molecule has 0 unspecified atom stereocenters.